The highest BCUT2D eigenvalue weighted by atomic mass is 16.5. The summed E-state index contributed by atoms with van der Waals surface area (Å²) < 4.78 is 5.76. The van der Waals surface area contributed by atoms with Crippen molar-refractivity contribution in [2.24, 2.45) is 10.9 Å². The minimum Gasteiger partial charge on any atom is -0.457 e. The molecule has 4 nitrogen and oxygen atoms in total. The number of rotatable bonds is 4. The van der Waals surface area contributed by atoms with E-state index in [2.05, 4.69) is 5.16 Å². The molecule has 0 bridgehead atoms. The van der Waals surface area contributed by atoms with Crippen LogP contribution in [0.5, 0.6) is 11.5 Å². The van der Waals surface area contributed by atoms with Gasteiger partial charge >= 0.3 is 0 Å². The number of oxime groups is 1. The molecule has 2 rings (SSSR count). The first-order valence-electron chi connectivity index (χ1n) is 5.57. The Morgan fingerprint density at radius 1 is 1.06 bits per heavy atom. The molecule has 0 saturated heterocycles. The van der Waals surface area contributed by atoms with Crippen molar-refractivity contribution < 1.29 is 9.94 Å². The first-order chi connectivity index (χ1) is 8.79. The molecule has 92 valence electrons. The summed E-state index contributed by atoms with van der Waals surface area (Å²) in [7, 11) is 0. The Morgan fingerprint density at radius 3 is 2.44 bits per heavy atom. The second kappa shape index (κ2) is 5.72. The largest absolute Gasteiger partial charge is 0.457 e. The zero-order chi connectivity index (χ0) is 12.8. The monoisotopic (exact) mass is 242 g/mol. The van der Waals surface area contributed by atoms with Gasteiger partial charge in [0.05, 0.1) is 0 Å². The predicted molar refractivity (Wildman–Crippen MR) is 70.1 cm³/mol. The highest BCUT2D eigenvalue weighted by Crippen LogP contribution is 2.25. The van der Waals surface area contributed by atoms with Crippen LogP contribution in [0.3, 0.4) is 0 Å². The number of amidine groups is 1. The molecule has 0 saturated carbocycles. The topological polar surface area (TPSA) is 67.8 Å². The Bertz CT molecular complexity index is 539. The van der Waals surface area contributed by atoms with E-state index < -0.39 is 0 Å². The van der Waals surface area contributed by atoms with E-state index in [9.17, 15) is 0 Å². The molecule has 0 aliphatic rings. The molecule has 0 fully saturated rings. The summed E-state index contributed by atoms with van der Waals surface area (Å²) in [6.07, 6.45) is 0.347. The van der Waals surface area contributed by atoms with Crippen LogP contribution in [-0.4, -0.2) is 11.0 Å². The maximum absolute atomic E-state index is 8.60. The number of hydrogen-bond donors (Lipinski definition) is 2. The van der Waals surface area contributed by atoms with E-state index in [4.69, 9.17) is 15.7 Å². The van der Waals surface area contributed by atoms with Crippen molar-refractivity contribution in [3.05, 3.63) is 60.2 Å². The molecule has 0 atom stereocenters. The van der Waals surface area contributed by atoms with Crippen LogP contribution in [-0.2, 0) is 6.42 Å². The summed E-state index contributed by atoms with van der Waals surface area (Å²) >= 11 is 0. The number of nitrogens with zero attached hydrogens (tertiary/aromatic N) is 1. The SMILES string of the molecule is NC(Cc1ccccc1Oc1ccccc1)=NO. The quantitative estimate of drug-likeness (QED) is 0.375. The first kappa shape index (κ1) is 12.0. The Labute approximate surface area is 105 Å². The third kappa shape index (κ3) is 3.01. The molecule has 0 heterocycles. The zero-order valence-corrected chi connectivity index (χ0v) is 9.78. The van der Waals surface area contributed by atoms with E-state index in [0.29, 0.717) is 12.2 Å². The smallest absolute Gasteiger partial charge is 0.143 e. The van der Waals surface area contributed by atoms with Gasteiger partial charge in [-0.2, -0.15) is 0 Å². The summed E-state index contributed by atoms with van der Waals surface area (Å²) in [6, 6.07) is 17.0. The number of para-hydroxylation sites is 2. The normalized spacial score (nSPS) is 11.2. The lowest BCUT2D eigenvalue weighted by Crippen LogP contribution is -2.15. The minimum absolute atomic E-state index is 0.152. The highest BCUT2D eigenvalue weighted by molar-refractivity contribution is 5.82. The fraction of sp³-hybridized carbons (Fsp3) is 0.0714. The standard InChI is InChI=1S/C14H14N2O2/c15-14(16-17)10-11-6-4-5-9-13(11)18-12-7-2-1-3-8-12/h1-9,17H,10H2,(H2,15,16). The van der Waals surface area contributed by atoms with E-state index in [0.717, 1.165) is 11.3 Å². The molecule has 18 heavy (non-hydrogen) atoms. The lowest BCUT2D eigenvalue weighted by atomic mass is 10.1. The van der Waals surface area contributed by atoms with Crippen LogP contribution < -0.4 is 10.5 Å². The van der Waals surface area contributed by atoms with E-state index in [1.807, 2.05) is 54.6 Å². The van der Waals surface area contributed by atoms with Gasteiger partial charge in [-0.15, -0.1) is 0 Å². The average molecular weight is 242 g/mol. The van der Waals surface area contributed by atoms with Crippen LogP contribution in [0.4, 0.5) is 0 Å². The molecule has 0 aliphatic heterocycles. The van der Waals surface area contributed by atoms with E-state index >= 15 is 0 Å². The van der Waals surface area contributed by atoms with Gasteiger partial charge in [0.2, 0.25) is 0 Å². The maximum atomic E-state index is 8.60. The molecule has 0 unspecified atom stereocenters. The fourth-order valence-corrected chi connectivity index (χ4v) is 1.60. The highest BCUT2D eigenvalue weighted by Gasteiger charge is 2.06. The van der Waals surface area contributed by atoms with Crippen LogP contribution in [0, 0.1) is 0 Å². The molecule has 0 aliphatic carbocycles. The lowest BCUT2D eigenvalue weighted by Gasteiger charge is -2.10. The second-order valence-corrected chi connectivity index (χ2v) is 3.79. The van der Waals surface area contributed by atoms with Crippen molar-refractivity contribution in [3.8, 4) is 11.5 Å². The predicted octanol–water partition coefficient (Wildman–Crippen LogP) is 2.77. The first-order valence-corrected chi connectivity index (χ1v) is 5.57. The third-order valence-electron chi connectivity index (χ3n) is 2.44. The van der Waals surface area contributed by atoms with Crippen molar-refractivity contribution in [2.75, 3.05) is 0 Å². The van der Waals surface area contributed by atoms with Crippen molar-refractivity contribution in [3.63, 3.8) is 0 Å². The molecule has 3 N–H and O–H groups in total. The van der Waals surface area contributed by atoms with Crippen LogP contribution in [0.25, 0.3) is 0 Å². The van der Waals surface area contributed by atoms with Crippen molar-refractivity contribution in [1.82, 2.24) is 0 Å². The van der Waals surface area contributed by atoms with E-state index in [1.165, 1.54) is 0 Å². The van der Waals surface area contributed by atoms with Gasteiger partial charge in [-0.1, -0.05) is 41.6 Å². The van der Waals surface area contributed by atoms with Crippen molar-refractivity contribution >= 4 is 5.84 Å². The maximum Gasteiger partial charge on any atom is 0.143 e. The lowest BCUT2D eigenvalue weighted by molar-refractivity contribution is 0.317. The Kier molecular flexibility index (Phi) is 3.81. The van der Waals surface area contributed by atoms with Crippen LogP contribution in [0.2, 0.25) is 0 Å². The molecule has 0 spiro atoms. The van der Waals surface area contributed by atoms with Gasteiger partial charge in [-0.05, 0) is 18.2 Å². The van der Waals surface area contributed by atoms with Gasteiger partial charge in [0.1, 0.15) is 17.3 Å². The zero-order valence-electron chi connectivity index (χ0n) is 9.78. The Balaban J connectivity index is 2.23. The summed E-state index contributed by atoms with van der Waals surface area (Å²) in [5, 5.41) is 11.6. The van der Waals surface area contributed by atoms with Crippen molar-refractivity contribution in [2.45, 2.75) is 6.42 Å². The van der Waals surface area contributed by atoms with Gasteiger partial charge in [0.25, 0.3) is 0 Å². The summed E-state index contributed by atoms with van der Waals surface area (Å²) in [5.41, 5.74) is 6.38. The summed E-state index contributed by atoms with van der Waals surface area (Å²) in [5.74, 6) is 1.61. The Hall–Kier alpha value is -2.49. The van der Waals surface area contributed by atoms with Crippen LogP contribution in [0.15, 0.2) is 59.8 Å². The molecule has 2 aromatic rings. The van der Waals surface area contributed by atoms with Gasteiger partial charge < -0.3 is 15.7 Å². The molecule has 0 amide bonds. The molecule has 0 radical (unpaired) electrons. The molecule has 0 aromatic heterocycles. The molecular weight excluding hydrogens is 228 g/mol. The number of ether oxygens (including phenoxy) is 1. The van der Waals surface area contributed by atoms with Gasteiger partial charge in [0.15, 0.2) is 0 Å². The van der Waals surface area contributed by atoms with E-state index in [1.54, 1.807) is 0 Å². The minimum atomic E-state index is 0.152. The second-order valence-electron chi connectivity index (χ2n) is 3.79. The number of hydrogen-bond acceptors (Lipinski definition) is 3. The summed E-state index contributed by atoms with van der Waals surface area (Å²) in [6.45, 7) is 0. The average Bonchev–Trinajstić information content (AvgIpc) is 2.42. The summed E-state index contributed by atoms with van der Waals surface area (Å²) in [4.78, 5) is 0. The molecule has 2 aromatic carbocycles. The number of nitrogens with two attached hydrogens (primary N) is 1. The molecule has 4 heteroatoms. The van der Waals surface area contributed by atoms with Crippen LogP contribution >= 0.6 is 0 Å². The van der Waals surface area contributed by atoms with E-state index in [-0.39, 0.29) is 5.84 Å². The third-order valence-corrected chi connectivity index (χ3v) is 2.44. The van der Waals surface area contributed by atoms with Gasteiger partial charge in [0, 0.05) is 12.0 Å². The van der Waals surface area contributed by atoms with Crippen LogP contribution in [0.1, 0.15) is 5.56 Å². The van der Waals surface area contributed by atoms with Crippen molar-refractivity contribution in [1.29, 1.82) is 0 Å². The number of benzene rings is 2. The van der Waals surface area contributed by atoms with Gasteiger partial charge in [-0.3, -0.25) is 0 Å². The molecular formula is C14H14N2O2. The Morgan fingerprint density at radius 2 is 1.72 bits per heavy atom. The van der Waals surface area contributed by atoms with Gasteiger partial charge in [-0.25, -0.2) is 0 Å². The fourth-order valence-electron chi connectivity index (χ4n) is 1.60.